The zero-order valence-electron chi connectivity index (χ0n) is 10.3. The molecule has 0 aromatic rings. The lowest BCUT2D eigenvalue weighted by Gasteiger charge is -2.15. The number of sulfone groups is 1. The molecule has 3 atom stereocenters. The third-order valence-electron chi connectivity index (χ3n) is 2.59. The second-order valence-corrected chi connectivity index (χ2v) is 8.63. The van der Waals surface area contributed by atoms with Crippen molar-refractivity contribution in [1.82, 2.24) is 5.32 Å². The van der Waals surface area contributed by atoms with Crippen molar-refractivity contribution in [3.8, 4) is 0 Å². The van der Waals surface area contributed by atoms with Crippen molar-refractivity contribution in [3.05, 3.63) is 0 Å². The van der Waals surface area contributed by atoms with Crippen LogP contribution in [0.3, 0.4) is 0 Å². The summed E-state index contributed by atoms with van der Waals surface area (Å²) in [4.78, 5) is 22.1. The van der Waals surface area contributed by atoms with Gasteiger partial charge in [-0.15, -0.1) is 23.4 Å². The Morgan fingerprint density at radius 2 is 2.11 bits per heavy atom. The Balaban J connectivity index is 2.34. The van der Waals surface area contributed by atoms with Crippen LogP contribution in [0.4, 0.5) is 0 Å². The second kappa shape index (κ2) is 6.81. The first-order chi connectivity index (χ1) is 8.69. The number of rotatable bonds is 6. The summed E-state index contributed by atoms with van der Waals surface area (Å²) in [6, 6.07) is -0.561. The number of nitrogens with one attached hydrogen (secondary N) is 1. The molecule has 19 heavy (non-hydrogen) atoms. The molecular formula is C10H16ClNO5S2. The Labute approximate surface area is 121 Å². The molecule has 0 radical (unpaired) electrons. The van der Waals surface area contributed by atoms with Gasteiger partial charge in [0.05, 0.1) is 35.1 Å². The molecule has 110 valence electrons. The minimum absolute atomic E-state index is 0.0200. The summed E-state index contributed by atoms with van der Waals surface area (Å²) in [5, 5.41) is 10.4. The molecule has 0 aromatic heterocycles. The highest BCUT2D eigenvalue weighted by Gasteiger charge is 2.37. The molecule has 0 aliphatic carbocycles. The van der Waals surface area contributed by atoms with Crippen LogP contribution >= 0.6 is 23.4 Å². The zero-order valence-corrected chi connectivity index (χ0v) is 12.7. The van der Waals surface area contributed by atoms with Crippen molar-refractivity contribution in [1.29, 1.82) is 0 Å². The summed E-state index contributed by atoms with van der Waals surface area (Å²) in [7, 11) is -3.17. The van der Waals surface area contributed by atoms with E-state index < -0.39 is 27.2 Å². The van der Waals surface area contributed by atoms with Crippen LogP contribution in [-0.4, -0.2) is 59.3 Å². The maximum Gasteiger partial charge on any atom is 0.304 e. The molecule has 2 N–H and O–H groups in total. The van der Waals surface area contributed by atoms with E-state index in [1.165, 1.54) is 11.8 Å². The smallest absolute Gasteiger partial charge is 0.304 e. The summed E-state index contributed by atoms with van der Waals surface area (Å²) >= 11 is 7.07. The van der Waals surface area contributed by atoms with E-state index in [0.29, 0.717) is 0 Å². The Kier molecular flexibility index (Phi) is 5.94. The van der Waals surface area contributed by atoms with E-state index >= 15 is 0 Å². The van der Waals surface area contributed by atoms with Crippen molar-refractivity contribution in [3.63, 3.8) is 0 Å². The van der Waals surface area contributed by atoms with Gasteiger partial charge in [0.2, 0.25) is 5.91 Å². The van der Waals surface area contributed by atoms with Crippen molar-refractivity contribution in [2.75, 3.05) is 17.3 Å². The average molecular weight is 330 g/mol. The van der Waals surface area contributed by atoms with E-state index in [0.717, 1.165) is 0 Å². The number of thioether (sulfide) groups is 1. The van der Waals surface area contributed by atoms with Gasteiger partial charge in [0.1, 0.15) is 0 Å². The molecule has 1 amide bonds. The molecule has 6 nitrogen and oxygen atoms in total. The number of carboxylic acids is 1. The Bertz CT molecular complexity index is 453. The number of alkyl halides is 1. The molecule has 9 heteroatoms. The van der Waals surface area contributed by atoms with Gasteiger partial charge in [-0.05, 0) is 0 Å². The largest absolute Gasteiger partial charge is 0.481 e. The molecule has 1 saturated heterocycles. The van der Waals surface area contributed by atoms with E-state index in [9.17, 15) is 18.0 Å². The van der Waals surface area contributed by atoms with Crippen molar-refractivity contribution >= 4 is 45.1 Å². The summed E-state index contributed by atoms with van der Waals surface area (Å²) in [5.41, 5.74) is 0. The highest BCUT2D eigenvalue weighted by Crippen LogP contribution is 2.19. The molecular weight excluding hydrogens is 314 g/mol. The van der Waals surface area contributed by atoms with E-state index in [1.807, 2.05) is 0 Å². The Morgan fingerprint density at radius 1 is 1.47 bits per heavy atom. The highest BCUT2D eigenvalue weighted by molar-refractivity contribution is 8.00. The number of aliphatic carboxylic acids is 1. The lowest BCUT2D eigenvalue weighted by molar-refractivity contribution is -0.136. The predicted octanol–water partition coefficient (Wildman–Crippen LogP) is 0.103. The summed E-state index contributed by atoms with van der Waals surface area (Å²) in [6.07, 6.45) is -0.0200. The molecule has 1 rings (SSSR count). The summed E-state index contributed by atoms with van der Waals surface area (Å²) < 4.78 is 22.6. The first kappa shape index (κ1) is 16.6. The third kappa shape index (κ3) is 6.01. The lowest BCUT2D eigenvalue weighted by atomic mass is 10.2. The molecule has 3 unspecified atom stereocenters. The average Bonchev–Trinajstić information content (AvgIpc) is 2.48. The first-order valence-corrected chi connectivity index (χ1v) is 8.97. The quantitative estimate of drug-likeness (QED) is 0.670. The maximum absolute atomic E-state index is 11.6. The fourth-order valence-corrected chi connectivity index (χ4v) is 5.04. The number of hydrogen-bond donors (Lipinski definition) is 2. The van der Waals surface area contributed by atoms with Gasteiger partial charge < -0.3 is 10.4 Å². The van der Waals surface area contributed by atoms with E-state index in [-0.39, 0.29) is 34.8 Å². The number of amides is 1. The van der Waals surface area contributed by atoms with Crippen LogP contribution in [0.25, 0.3) is 0 Å². The maximum atomic E-state index is 11.6. The van der Waals surface area contributed by atoms with Crippen LogP contribution in [0.2, 0.25) is 0 Å². The Morgan fingerprint density at radius 3 is 2.58 bits per heavy atom. The van der Waals surface area contributed by atoms with E-state index in [2.05, 4.69) is 5.32 Å². The van der Waals surface area contributed by atoms with Crippen LogP contribution < -0.4 is 5.32 Å². The normalized spacial score (nSPS) is 26.8. The molecule has 1 aliphatic heterocycles. The minimum Gasteiger partial charge on any atom is -0.481 e. The first-order valence-electron chi connectivity index (χ1n) is 5.67. The molecule has 0 saturated carbocycles. The molecule has 1 heterocycles. The molecule has 1 fully saturated rings. The van der Waals surface area contributed by atoms with Gasteiger partial charge in [-0.2, -0.15) is 0 Å². The van der Waals surface area contributed by atoms with Gasteiger partial charge in [0.15, 0.2) is 9.84 Å². The molecule has 0 bridgehead atoms. The molecule has 0 spiro atoms. The molecule has 1 aliphatic rings. The van der Waals surface area contributed by atoms with Crippen LogP contribution in [0.5, 0.6) is 0 Å². The SMILES string of the molecule is CC(CC(=O)O)SCC(=O)NC1CS(=O)(=O)CC1Cl. The predicted molar refractivity (Wildman–Crippen MR) is 74.4 cm³/mol. The number of carboxylic acid groups (broad SMARTS) is 1. The van der Waals surface area contributed by atoms with Crippen molar-refractivity contribution in [2.45, 2.75) is 30.0 Å². The fourth-order valence-electron chi connectivity index (χ4n) is 1.71. The standard InChI is InChI=1S/C10H16ClNO5S2/c1-6(2-10(14)15)18-3-9(13)12-8-5-19(16,17)4-7(8)11/h6-8H,2-5H2,1H3,(H,12,13)(H,14,15). The van der Waals surface area contributed by atoms with Crippen LogP contribution in [0.1, 0.15) is 13.3 Å². The van der Waals surface area contributed by atoms with Gasteiger partial charge in [0, 0.05) is 5.25 Å². The van der Waals surface area contributed by atoms with Gasteiger partial charge >= 0.3 is 5.97 Å². The van der Waals surface area contributed by atoms with Crippen molar-refractivity contribution < 1.29 is 23.1 Å². The molecule has 0 aromatic carbocycles. The number of carbonyl (C=O) groups is 2. The topological polar surface area (TPSA) is 101 Å². The Hall–Kier alpha value is -0.470. The van der Waals surface area contributed by atoms with Gasteiger partial charge in [-0.3, -0.25) is 9.59 Å². The third-order valence-corrected chi connectivity index (χ3v) is 6.13. The zero-order chi connectivity index (χ0) is 14.6. The summed E-state index contributed by atoms with van der Waals surface area (Å²) in [5.74, 6) is -1.41. The second-order valence-electron chi connectivity index (χ2n) is 4.49. The van der Waals surface area contributed by atoms with E-state index in [1.54, 1.807) is 6.92 Å². The fraction of sp³-hybridized carbons (Fsp3) is 0.800. The summed E-state index contributed by atoms with van der Waals surface area (Å²) in [6.45, 7) is 1.72. The highest BCUT2D eigenvalue weighted by atomic mass is 35.5. The minimum atomic E-state index is -3.17. The van der Waals surface area contributed by atoms with Gasteiger partial charge in [0.25, 0.3) is 0 Å². The van der Waals surface area contributed by atoms with Crippen LogP contribution in [0, 0.1) is 0 Å². The monoisotopic (exact) mass is 329 g/mol. The van der Waals surface area contributed by atoms with Crippen LogP contribution in [0.15, 0.2) is 0 Å². The van der Waals surface area contributed by atoms with Gasteiger partial charge in [-0.25, -0.2) is 8.42 Å². The number of carbonyl (C=O) groups excluding carboxylic acids is 1. The number of halogens is 1. The van der Waals surface area contributed by atoms with Gasteiger partial charge in [-0.1, -0.05) is 6.92 Å². The lowest BCUT2D eigenvalue weighted by Crippen LogP contribution is -2.41. The van der Waals surface area contributed by atoms with Crippen molar-refractivity contribution in [2.24, 2.45) is 0 Å². The number of hydrogen-bond acceptors (Lipinski definition) is 5. The van der Waals surface area contributed by atoms with Crippen LogP contribution in [-0.2, 0) is 19.4 Å². The van der Waals surface area contributed by atoms with E-state index in [4.69, 9.17) is 16.7 Å².